The largest absolute Gasteiger partial charge is 0.478 e. The molecule has 1 aliphatic rings. The van der Waals surface area contributed by atoms with Gasteiger partial charge >= 0.3 is 11.9 Å². The fourth-order valence-corrected chi connectivity index (χ4v) is 3.88. The molecular weight excluding hydrogens is 448 g/mol. The van der Waals surface area contributed by atoms with E-state index >= 15 is 0 Å². The molecule has 0 radical (unpaired) electrons. The van der Waals surface area contributed by atoms with Crippen molar-refractivity contribution in [1.82, 2.24) is 4.90 Å². The first-order chi connectivity index (χ1) is 15.6. The molecule has 0 aromatic heterocycles. The number of carboxylic acid groups (broad SMARTS) is 2. The highest BCUT2D eigenvalue weighted by molar-refractivity contribution is 8.18. The van der Waals surface area contributed by atoms with E-state index in [0.717, 1.165) is 34.2 Å². The molecule has 0 saturated carbocycles. The molecule has 3 amide bonds. The second-order valence-corrected chi connectivity index (χ2v) is 8.02. The number of nitrogens with one attached hydrogen (secondary N) is 1. The predicted octanol–water partition coefficient (Wildman–Crippen LogP) is 3.70. The lowest BCUT2D eigenvalue weighted by molar-refractivity contribution is -0.127. The Morgan fingerprint density at radius 1 is 1.00 bits per heavy atom. The summed E-state index contributed by atoms with van der Waals surface area (Å²) in [5.74, 6) is -4.16. The van der Waals surface area contributed by atoms with Gasteiger partial charge in [-0.05, 0) is 54.1 Å². The van der Waals surface area contributed by atoms with Gasteiger partial charge in [-0.3, -0.25) is 19.3 Å². The third kappa shape index (κ3) is 5.95. The number of anilines is 1. The van der Waals surface area contributed by atoms with Crippen molar-refractivity contribution >= 4 is 52.5 Å². The van der Waals surface area contributed by atoms with Crippen LogP contribution in [-0.2, 0) is 9.59 Å². The van der Waals surface area contributed by atoms with Gasteiger partial charge in [0.25, 0.3) is 11.1 Å². The molecule has 3 rings (SSSR count). The third-order valence-electron chi connectivity index (χ3n) is 4.44. The second kappa shape index (κ2) is 9.96. The highest BCUT2D eigenvalue weighted by Crippen LogP contribution is 2.31. The molecule has 1 aliphatic heterocycles. The van der Waals surface area contributed by atoms with Crippen molar-refractivity contribution in [3.05, 3.63) is 81.8 Å². The number of rotatable bonds is 7. The van der Waals surface area contributed by atoms with Crippen LogP contribution in [0.25, 0.3) is 6.08 Å². The SMILES string of the molecule is CC(/C=C1\SC(=O)N(CC(=O)Nc2cc(C(=O)O)cc(C(=O)O)c2)C1=O)=C\c1ccccc1. The summed E-state index contributed by atoms with van der Waals surface area (Å²) in [5.41, 5.74) is 0.915. The van der Waals surface area contributed by atoms with E-state index in [4.69, 9.17) is 10.2 Å². The zero-order valence-electron chi connectivity index (χ0n) is 17.3. The number of carbonyl (C=O) groups excluding carboxylic acids is 3. The summed E-state index contributed by atoms with van der Waals surface area (Å²) in [7, 11) is 0. The number of benzene rings is 2. The van der Waals surface area contributed by atoms with Crippen LogP contribution in [0.4, 0.5) is 10.5 Å². The Bertz CT molecular complexity index is 1190. The molecule has 3 N–H and O–H groups in total. The summed E-state index contributed by atoms with van der Waals surface area (Å²) < 4.78 is 0. The van der Waals surface area contributed by atoms with Crippen molar-refractivity contribution in [3.8, 4) is 0 Å². The molecule has 0 bridgehead atoms. The average Bonchev–Trinajstić information content (AvgIpc) is 3.01. The molecule has 0 atom stereocenters. The summed E-state index contributed by atoms with van der Waals surface area (Å²) in [5, 5.41) is 20.0. The lowest BCUT2D eigenvalue weighted by Crippen LogP contribution is -2.36. The van der Waals surface area contributed by atoms with Gasteiger partial charge < -0.3 is 15.5 Å². The lowest BCUT2D eigenvalue weighted by atomic mass is 10.1. The smallest absolute Gasteiger partial charge is 0.335 e. The highest BCUT2D eigenvalue weighted by Gasteiger charge is 2.36. The quantitative estimate of drug-likeness (QED) is 0.525. The van der Waals surface area contributed by atoms with Crippen molar-refractivity contribution in [1.29, 1.82) is 0 Å². The maximum atomic E-state index is 12.6. The van der Waals surface area contributed by atoms with E-state index in [9.17, 15) is 24.0 Å². The zero-order valence-corrected chi connectivity index (χ0v) is 18.1. The summed E-state index contributed by atoms with van der Waals surface area (Å²) >= 11 is 0.704. The second-order valence-electron chi connectivity index (χ2n) is 7.02. The average molecular weight is 466 g/mol. The Labute approximate surface area is 192 Å². The van der Waals surface area contributed by atoms with Crippen LogP contribution in [0.3, 0.4) is 0 Å². The van der Waals surface area contributed by atoms with Crippen LogP contribution in [0.5, 0.6) is 0 Å². The van der Waals surface area contributed by atoms with Gasteiger partial charge in [0.2, 0.25) is 5.91 Å². The molecule has 33 heavy (non-hydrogen) atoms. The molecule has 1 fully saturated rings. The van der Waals surface area contributed by atoms with E-state index in [-0.39, 0.29) is 21.7 Å². The van der Waals surface area contributed by atoms with Crippen LogP contribution in [0, 0.1) is 0 Å². The fraction of sp³-hybridized carbons (Fsp3) is 0.0870. The van der Waals surface area contributed by atoms with E-state index in [0.29, 0.717) is 11.8 Å². The van der Waals surface area contributed by atoms with E-state index in [1.54, 1.807) is 13.0 Å². The van der Waals surface area contributed by atoms with Gasteiger partial charge in [-0.25, -0.2) is 9.59 Å². The summed E-state index contributed by atoms with van der Waals surface area (Å²) in [6.45, 7) is 1.17. The van der Waals surface area contributed by atoms with Crippen molar-refractivity contribution in [2.45, 2.75) is 6.92 Å². The lowest BCUT2D eigenvalue weighted by Gasteiger charge is -2.13. The maximum Gasteiger partial charge on any atom is 0.335 e. The monoisotopic (exact) mass is 466 g/mol. The van der Waals surface area contributed by atoms with Crippen molar-refractivity contribution in [2.24, 2.45) is 0 Å². The number of amides is 3. The van der Waals surface area contributed by atoms with Gasteiger partial charge in [0.1, 0.15) is 6.54 Å². The molecule has 9 nitrogen and oxygen atoms in total. The Morgan fingerprint density at radius 2 is 1.61 bits per heavy atom. The van der Waals surface area contributed by atoms with Gasteiger partial charge in [-0.1, -0.05) is 36.4 Å². The normalized spacial score (nSPS) is 15.1. The number of imide groups is 1. The Hall–Kier alpha value is -4.18. The first-order valence-corrected chi connectivity index (χ1v) is 10.4. The minimum absolute atomic E-state index is 0.0820. The molecule has 0 unspecified atom stereocenters. The summed E-state index contributed by atoms with van der Waals surface area (Å²) in [4.78, 5) is 60.6. The van der Waals surface area contributed by atoms with Gasteiger partial charge in [-0.2, -0.15) is 0 Å². The number of aromatic carboxylic acids is 2. The van der Waals surface area contributed by atoms with Gasteiger partial charge in [-0.15, -0.1) is 0 Å². The first-order valence-electron chi connectivity index (χ1n) is 9.54. The maximum absolute atomic E-state index is 12.6. The minimum atomic E-state index is -1.37. The summed E-state index contributed by atoms with van der Waals surface area (Å²) in [6, 6.07) is 12.5. The van der Waals surface area contributed by atoms with Crippen LogP contribution >= 0.6 is 11.8 Å². The Balaban J connectivity index is 1.72. The zero-order chi connectivity index (χ0) is 24.1. The van der Waals surface area contributed by atoms with Crippen LogP contribution < -0.4 is 5.32 Å². The Morgan fingerprint density at radius 3 is 2.18 bits per heavy atom. The number of carboxylic acids is 2. The van der Waals surface area contributed by atoms with E-state index in [1.807, 2.05) is 36.4 Å². The van der Waals surface area contributed by atoms with Gasteiger partial charge in [0.05, 0.1) is 16.0 Å². The van der Waals surface area contributed by atoms with Crippen LogP contribution in [0.15, 0.2) is 65.1 Å². The predicted molar refractivity (Wildman–Crippen MR) is 122 cm³/mol. The van der Waals surface area contributed by atoms with Gasteiger partial charge in [0, 0.05) is 5.69 Å². The molecule has 1 saturated heterocycles. The molecule has 0 aliphatic carbocycles. The van der Waals surface area contributed by atoms with E-state index < -0.39 is 35.5 Å². The van der Waals surface area contributed by atoms with Crippen molar-refractivity contribution in [2.75, 3.05) is 11.9 Å². The number of hydrogen-bond acceptors (Lipinski definition) is 6. The Kier molecular flexibility index (Phi) is 7.09. The molecular formula is C23H18N2O7S. The van der Waals surface area contributed by atoms with E-state index in [1.165, 1.54) is 0 Å². The molecule has 0 spiro atoms. The van der Waals surface area contributed by atoms with Crippen LogP contribution in [0.2, 0.25) is 0 Å². The summed E-state index contributed by atoms with van der Waals surface area (Å²) in [6.07, 6.45) is 3.40. The molecule has 168 valence electrons. The number of thioether (sulfide) groups is 1. The number of carbonyl (C=O) groups is 5. The standard InChI is InChI=1S/C23H18N2O7S/c1-13(7-14-5-3-2-4-6-14)8-18-20(27)25(23(32)33-18)12-19(26)24-17-10-15(21(28)29)9-16(11-17)22(30)31/h2-11H,12H2,1H3,(H,24,26)(H,28,29)(H,30,31)/b13-7+,18-8-. The molecule has 2 aromatic carbocycles. The number of nitrogens with zero attached hydrogens (tertiary/aromatic N) is 1. The van der Waals surface area contributed by atoms with E-state index in [2.05, 4.69) is 5.32 Å². The van der Waals surface area contributed by atoms with Crippen molar-refractivity contribution in [3.63, 3.8) is 0 Å². The highest BCUT2D eigenvalue weighted by atomic mass is 32.2. The number of allylic oxidation sites excluding steroid dienone is 2. The molecule has 1 heterocycles. The van der Waals surface area contributed by atoms with Gasteiger partial charge in [0.15, 0.2) is 0 Å². The topological polar surface area (TPSA) is 141 Å². The first kappa shape index (κ1) is 23.5. The minimum Gasteiger partial charge on any atom is -0.478 e. The third-order valence-corrected chi connectivity index (χ3v) is 5.35. The van der Waals surface area contributed by atoms with Crippen molar-refractivity contribution < 1.29 is 34.2 Å². The fourth-order valence-electron chi connectivity index (χ4n) is 2.99. The molecule has 2 aromatic rings. The van der Waals surface area contributed by atoms with Crippen LogP contribution in [0.1, 0.15) is 33.2 Å². The molecule has 10 heteroatoms. The number of hydrogen-bond donors (Lipinski definition) is 3. The van der Waals surface area contributed by atoms with Crippen LogP contribution in [-0.4, -0.2) is 50.6 Å².